The number of carbonyl (C=O) groups is 3. The summed E-state index contributed by atoms with van der Waals surface area (Å²) < 4.78 is 6.20. The topological polar surface area (TPSA) is 133 Å². The number of primary amides is 1. The first-order valence-corrected chi connectivity index (χ1v) is 12.5. The monoisotopic (exact) mass is 504 g/mol. The van der Waals surface area contributed by atoms with E-state index in [9.17, 15) is 19.2 Å². The summed E-state index contributed by atoms with van der Waals surface area (Å²) in [4.78, 5) is 53.8. The van der Waals surface area contributed by atoms with Crippen molar-refractivity contribution in [3.8, 4) is 0 Å². The van der Waals surface area contributed by atoms with Crippen molar-refractivity contribution in [3.05, 3.63) is 75.7 Å². The van der Waals surface area contributed by atoms with Crippen LogP contribution >= 0.6 is 0 Å². The van der Waals surface area contributed by atoms with Gasteiger partial charge < -0.3 is 20.4 Å². The number of allylic oxidation sites excluding steroid dienone is 1. The third-order valence-electron chi connectivity index (χ3n) is 6.66. The SMILES string of the molecule is COC(=O)N[C@@H](CC/C=C/C(N)=O)C(=O)Cc1cccn(CC2=Nc3c(cccc3CC3CC3)C2)c1=O. The predicted octanol–water partition coefficient (Wildman–Crippen LogP) is 2.79. The average Bonchev–Trinajstić information content (AvgIpc) is 3.59. The van der Waals surface area contributed by atoms with Gasteiger partial charge in [0.25, 0.3) is 5.56 Å². The number of Topliss-reactive ketones (excluding diaryl/α,β-unsaturated/α-hetero) is 1. The Morgan fingerprint density at radius 1 is 1.22 bits per heavy atom. The van der Waals surface area contributed by atoms with Gasteiger partial charge in [-0.25, -0.2) is 4.79 Å². The van der Waals surface area contributed by atoms with Gasteiger partial charge in [-0.3, -0.25) is 19.4 Å². The van der Waals surface area contributed by atoms with Crippen molar-refractivity contribution in [1.29, 1.82) is 0 Å². The van der Waals surface area contributed by atoms with Gasteiger partial charge in [0.2, 0.25) is 5.91 Å². The highest BCUT2D eigenvalue weighted by atomic mass is 16.5. The van der Waals surface area contributed by atoms with Crippen LogP contribution in [-0.2, 0) is 40.1 Å². The van der Waals surface area contributed by atoms with Gasteiger partial charge in [0.15, 0.2) is 5.78 Å². The Morgan fingerprint density at radius 2 is 2.00 bits per heavy atom. The van der Waals surface area contributed by atoms with Gasteiger partial charge in [-0.2, -0.15) is 0 Å². The summed E-state index contributed by atoms with van der Waals surface area (Å²) >= 11 is 0. The van der Waals surface area contributed by atoms with Crippen molar-refractivity contribution < 1.29 is 19.1 Å². The van der Waals surface area contributed by atoms with Gasteiger partial charge >= 0.3 is 6.09 Å². The van der Waals surface area contributed by atoms with E-state index in [4.69, 9.17) is 10.7 Å². The first kappa shape index (κ1) is 26.1. The lowest BCUT2D eigenvalue weighted by Crippen LogP contribution is -2.42. The molecule has 1 aromatic carbocycles. The maximum absolute atomic E-state index is 13.2. The van der Waals surface area contributed by atoms with Gasteiger partial charge in [-0.05, 0) is 61.3 Å². The second-order valence-electron chi connectivity index (χ2n) is 9.61. The van der Waals surface area contributed by atoms with Crippen LogP contribution in [0.4, 0.5) is 10.5 Å². The number of ether oxygens (including phenoxy) is 1. The van der Waals surface area contributed by atoms with Crippen LogP contribution in [0.3, 0.4) is 0 Å². The molecule has 0 bridgehead atoms. The maximum atomic E-state index is 13.2. The van der Waals surface area contributed by atoms with Crippen LogP contribution in [0.15, 0.2) is 58.5 Å². The normalized spacial score (nSPS) is 15.2. The fourth-order valence-corrected chi connectivity index (χ4v) is 4.57. The molecular formula is C28H32N4O5. The lowest BCUT2D eigenvalue weighted by atomic mass is 10.0. The molecule has 1 aromatic heterocycles. The molecule has 0 radical (unpaired) electrons. The van der Waals surface area contributed by atoms with E-state index in [0.29, 0.717) is 24.9 Å². The number of methoxy groups -OCH3 is 1. The highest BCUT2D eigenvalue weighted by molar-refractivity contribution is 5.94. The Morgan fingerprint density at radius 3 is 2.73 bits per heavy atom. The van der Waals surface area contributed by atoms with Gasteiger partial charge in [0, 0.05) is 30.3 Å². The molecule has 37 heavy (non-hydrogen) atoms. The van der Waals surface area contributed by atoms with E-state index >= 15 is 0 Å². The number of hydrogen-bond acceptors (Lipinski definition) is 6. The average molecular weight is 505 g/mol. The molecule has 194 valence electrons. The summed E-state index contributed by atoms with van der Waals surface area (Å²) in [5.74, 6) is -0.162. The molecule has 9 heteroatoms. The van der Waals surface area contributed by atoms with E-state index in [2.05, 4.69) is 28.3 Å². The number of ketones is 1. The Labute approximate surface area is 215 Å². The summed E-state index contributed by atoms with van der Waals surface area (Å²) in [6, 6.07) is 8.80. The Hall–Kier alpha value is -4.01. The number of hydrogen-bond donors (Lipinski definition) is 2. The molecule has 0 spiro atoms. The minimum atomic E-state index is -0.878. The van der Waals surface area contributed by atoms with Crippen LogP contribution < -0.4 is 16.6 Å². The molecule has 9 nitrogen and oxygen atoms in total. The molecule has 0 saturated heterocycles. The van der Waals surface area contributed by atoms with Crippen molar-refractivity contribution in [2.24, 2.45) is 16.6 Å². The van der Waals surface area contributed by atoms with E-state index in [0.717, 1.165) is 23.7 Å². The first-order valence-electron chi connectivity index (χ1n) is 12.5. The smallest absolute Gasteiger partial charge is 0.407 e. The molecule has 2 aliphatic rings. The summed E-state index contributed by atoms with van der Waals surface area (Å²) in [6.45, 7) is 0.347. The van der Waals surface area contributed by atoms with Crippen LogP contribution in [0.25, 0.3) is 0 Å². The second kappa shape index (κ2) is 11.8. The number of fused-ring (bicyclic) bond motifs is 1. The molecule has 4 rings (SSSR count). The molecule has 1 aliphatic carbocycles. The quantitative estimate of drug-likeness (QED) is 0.429. The number of pyridine rings is 1. The van der Waals surface area contributed by atoms with Crippen molar-refractivity contribution in [2.45, 2.75) is 57.5 Å². The maximum Gasteiger partial charge on any atom is 0.407 e. The third kappa shape index (κ3) is 7.03. The van der Waals surface area contributed by atoms with Crippen molar-refractivity contribution in [2.75, 3.05) is 7.11 Å². The molecule has 3 N–H and O–H groups in total. The largest absolute Gasteiger partial charge is 0.453 e. The van der Waals surface area contributed by atoms with E-state index < -0.39 is 18.0 Å². The van der Waals surface area contributed by atoms with Crippen molar-refractivity contribution in [1.82, 2.24) is 9.88 Å². The van der Waals surface area contributed by atoms with Crippen LogP contribution in [-0.4, -0.2) is 41.2 Å². The van der Waals surface area contributed by atoms with Crippen molar-refractivity contribution in [3.63, 3.8) is 0 Å². The van der Waals surface area contributed by atoms with Gasteiger partial charge in [0.1, 0.15) is 0 Å². The van der Waals surface area contributed by atoms with Gasteiger partial charge in [0.05, 0.1) is 25.4 Å². The summed E-state index contributed by atoms with van der Waals surface area (Å²) in [5.41, 5.74) is 9.58. The molecule has 2 amide bonds. The minimum Gasteiger partial charge on any atom is -0.453 e. The Kier molecular flexibility index (Phi) is 8.32. The van der Waals surface area contributed by atoms with E-state index in [-0.39, 0.29) is 24.2 Å². The lowest BCUT2D eigenvalue weighted by molar-refractivity contribution is -0.120. The van der Waals surface area contributed by atoms with E-state index in [1.165, 1.54) is 43.2 Å². The van der Waals surface area contributed by atoms with Gasteiger partial charge in [-0.15, -0.1) is 0 Å². The second-order valence-corrected chi connectivity index (χ2v) is 9.61. The molecule has 1 atom stereocenters. The first-order chi connectivity index (χ1) is 17.8. The van der Waals surface area contributed by atoms with Crippen LogP contribution in [0.5, 0.6) is 0 Å². The zero-order valence-corrected chi connectivity index (χ0v) is 20.9. The number of para-hydroxylation sites is 1. The number of rotatable bonds is 12. The number of nitrogens with one attached hydrogen (secondary N) is 1. The Bertz CT molecular complexity index is 1310. The fourth-order valence-electron chi connectivity index (χ4n) is 4.57. The number of aliphatic imine (C=N–C) groups is 1. The molecule has 1 fully saturated rings. The molecular weight excluding hydrogens is 472 g/mol. The number of benzene rings is 1. The van der Waals surface area contributed by atoms with Crippen LogP contribution in [0.2, 0.25) is 0 Å². The summed E-state index contributed by atoms with van der Waals surface area (Å²) in [7, 11) is 1.21. The lowest BCUT2D eigenvalue weighted by Gasteiger charge is -2.16. The third-order valence-corrected chi connectivity index (χ3v) is 6.66. The molecule has 1 saturated carbocycles. The van der Waals surface area contributed by atoms with Gasteiger partial charge in [-0.1, -0.05) is 30.3 Å². The highest BCUT2D eigenvalue weighted by Gasteiger charge is 2.26. The number of alkyl carbamates (subject to hydrolysis) is 1. The zero-order valence-electron chi connectivity index (χ0n) is 20.9. The number of nitrogens with zero attached hydrogens (tertiary/aromatic N) is 2. The number of nitrogens with two attached hydrogens (primary N) is 1. The van der Waals surface area contributed by atoms with Crippen LogP contribution in [0.1, 0.15) is 42.4 Å². The zero-order chi connectivity index (χ0) is 26.4. The molecule has 1 aliphatic heterocycles. The van der Waals surface area contributed by atoms with E-state index in [1.54, 1.807) is 22.9 Å². The molecule has 2 aromatic rings. The van der Waals surface area contributed by atoms with E-state index in [1.807, 2.05) is 0 Å². The highest BCUT2D eigenvalue weighted by Crippen LogP contribution is 2.38. The van der Waals surface area contributed by atoms with Crippen molar-refractivity contribution >= 4 is 29.2 Å². The number of carbonyl (C=O) groups excluding carboxylic acids is 3. The molecule has 2 heterocycles. The number of amides is 2. The number of aromatic nitrogens is 1. The standard InChI is InChI=1S/C28H32N4O5/c1-37-28(36)31-23(9-2-3-10-25(29)34)24(33)16-21-8-5-13-32(27(21)35)17-22-15-20-7-4-6-19(26(20)30-22)14-18-11-12-18/h3-8,10,13,18,23H,2,9,11-12,14-17H2,1H3,(H2,29,34)(H,31,36)/b10-3+/t23-/m0/s1. The minimum absolute atomic E-state index is 0.147. The summed E-state index contributed by atoms with van der Waals surface area (Å²) in [5, 5.41) is 2.51. The van der Waals surface area contributed by atoms with Crippen LogP contribution in [0, 0.1) is 5.92 Å². The Balaban J connectivity index is 1.45. The summed E-state index contributed by atoms with van der Waals surface area (Å²) in [6.07, 6.45) is 8.43. The fraction of sp³-hybridized carbons (Fsp3) is 0.393. The molecule has 0 unspecified atom stereocenters. The predicted molar refractivity (Wildman–Crippen MR) is 140 cm³/mol.